The first-order valence-electron chi connectivity index (χ1n) is 5.90. The standard InChI is InChI=1S/C13H17F2NO/c1-13(17,9-2-4-16-5-3-9)10-6-11(14)8-12(15)7-10/h6-9,16-17H,2-5H2,1H3. The molecular formula is C13H17F2NO. The Kier molecular flexibility index (Phi) is 3.45. The van der Waals surface area contributed by atoms with Crippen LogP contribution in [-0.4, -0.2) is 18.2 Å². The Labute approximate surface area is 99.7 Å². The summed E-state index contributed by atoms with van der Waals surface area (Å²) < 4.78 is 26.3. The first-order chi connectivity index (χ1) is 8.00. The van der Waals surface area contributed by atoms with Gasteiger partial charge in [0, 0.05) is 6.07 Å². The molecule has 1 saturated heterocycles. The van der Waals surface area contributed by atoms with Gasteiger partial charge in [-0.25, -0.2) is 8.78 Å². The highest BCUT2D eigenvalue weighted by molar-refractivity contribution is 5.24. The van der Waals surface area contributed by atoms with E-state index in [-0.39, 0.29) is 5.92 Å². The van der Waals surface area contributed by atoms with Crippen LogP contribution in [0.2, 0.25) is 0 Å². The summed E-state index contributed by atoms with van der Waals surface area (Å²) in [4.78, 5) is 0. The Bertz CT molecular complexity index is 380. The second-order valence-corrected chi connectivity index (χ2v) is 4.83. The zero-order valence-corrected chi connectivity index (χ0v) is 9.84. The molecule has 1 aromatic rings. The summed E-state index contributed by atoms with van der Waals surface area (Å²) in [6, 6.07) is 3.25. The number of halogens is 2. The minimum atomic E-state index is -1.18. The minimum absolute atomic E-state index is 0.0324. The van der Waals surface area contributed by atoms with Crippen molar-refractivity contribution in [2.45, 2.75) is 25.4 Å². The average Bonchev–Trinajstić information content (AvgIpc) is 2.29. The van der Waals surface area contributed by atoms with Crippen molar-refractivity contribution < 1.29 is 13.9 Å². The molecule has 0 radical (unpaired) electrons. The third-order valence-corrected chi connectivity index (χ3v) is 3.58. The van der Waals surface area contributed by atoms with E-state index < -0.39 is 17.2 Å². The minimum Gasteiger partial charge on any atom is -0.385 e. The zero-order chi connectivity index (χ0) is 12.5. The highest BCUT2D eigenvalue weighted by Crippen LogP contribution is 2.35. The fourth-order valence-corrected chi connectivity index (χ4v) is 2.47. The van der Waals surface area contributed by atoms with Gasteiger partial charge < -0.3 is 10.4 Å². The molecule has 94 valence electrons. The van der Waals surface area contributed by atoms with Crippen LogP contribution in [0.4, 0.5) is 8.78 Å². The molecule has 1 atom stereocenters. The maximum Gasteiger partial charge on any atom is 0.126 e. The molecule has 1 aromatic carbocycles. The average molecular weight is 241 g/mol. The number of nitrogens with one attached hydrogen (secondary N) is 1. The summed E-state index contributed by atoms with van der Waals surface area (Å²) in [5, 5.41) is 13.7. The fourth-order valence-electron chi connectivity index (χ4n) is 2.47. The number of piperidine rings is 1. The van der Waals surface area contributed by atoms with Gasteiger partial charge in [-0.05, 0) is 56.5 Å². The summed E-state index contributed by atoms with van der Waals surface area (Å²) in [6.45, 7) is 3.30. The van der Waals surface area contributed by atoms with Crippen LogP contribution in [0.3, 0.4) is 0 Å². The Morgan fingerprint density at radius 2 is 1.71 bits per heavy atom. The van der Waals surface area contributed by atoms with Gasteiger partial charge in [-0.2, -0.15) is 0 Å². The topological polar surface area (TPSA) is 32.3 Å². The van der Waals surface area contributed by atoms with Gasteiger partial charge in [-0.3, -0.25) is 0 Å². The lowest BCUT2D eigenvalue weighted by Gasteiger charge is -2.36. The van der Waals surface area contributed by atoms with Crippen molar-refractivity contribution in [3.8, 4) is 0 Å². The molecule has 1 aliphatic heterocycles. The lowest BCUT2D eigenvalue weighted by molar-refractivity contribution is -0.0191. The van der Waals surface area contributed by atoms with Crippen LogP contribution in [0.1, 0.15) is 25.3 Å². The highest BCUT2D eigenvalue weighted by Gasteiger charge is 2.34. The van der Waals surface area contributed by atoms with Crippen LogP contribution in [-0.2, 0) is 5.60 Å². The number of hydrogen-bond donors (Lipinski definition) is 2. The van der Waals surface area contributed by atoms with Crippen molar-refractivity contribution in [1.29, 1.82) is 0 Å². The first kappa shape index (κ1) is 12.5. The van der Waals surface area contributed by atoms with Gasteiger partial charge in [0.1, 0.15) is 11.6 Å². The molecule has 4 heteroatoms. The Balaban J connectivity index is 2.29. The van der Waals surface area contributed by atoms with E-state index in [0.29, 0.717) is 5.56 Å². The quantitative estimate of drug-likeness (QED) is 0.831. The maximum atomic E-state index is 13.2. The maximum absolute atomic E-state index is 13.2. The van der Waals surface area contributed by atoms with E-state index in [1.165, 1.54) is 12.1 Å². The predicted molar refractivity (Wildman–Crippen MR) is 61.5 cm³/mol. The van der Waals surface area contributed by atoms with Crippen LogP contribution in [0.5, 0.6) is 0 Å². The van der Waals surface area contributed by atoms with Gasteiger partial charge in [0.05, 0.1) is 5.60 Å². The molecule has 2 nitrogen and oxygen atoms in total. The van der Waals surface area contributed by atoms with Crippen molar-refractivity contribution in [3.05, 3.63) is 35.4 Å². The normalized spacial score (nSPS) is 21.2. The van der Waals surface area contributed by atoms with E-state index in [2.05, 4.69) is 5.32 Å². The van der Waals surface area contributed by atoms with Crippen LogP contribution >= 0.6 is 0 Å². The molecule has 2 N–H and O–H groups in total. The molecule has 1 unspecified atom stereocenters. The molecule has 0 aromatic heterocycles. The Morgan fingerprint density at radius 1 is 1.18 bits per heavy atom. The monoisotopic (exact) mass is 241 g/mol. The molecule has 0 saturated carbocycles. The van der Waals surface area contributed by atoms with Gasteiger partial charge in [0.15, 0.2) is 0 Å². The molecule has 0 spiro atoms. The smallest absolute Gasteiger partial charge is 0.126 e. The molecule has 17 heavy (non-hydrogen) atoms. The molecule has 0 bridgehead atoms. The highest BCUT2D eigenvalue weighted by atomic mass is 19.1. The largest absolute Gasteiger partial charge is 0.385 e. The van der Waals surface area contributed by atoms with E-state index in [1.807, 2.05) is 0 Å². The van der Waals surface area contributed by atoms with E-state index in [0.717, 1.165) is 32.0 Å². The van der Waals surface area contributed by atoms with E-state index in [1.54, 1.807) is 6.92 Å². The number of hydrogen-bond acceptors (Lipinski definition) is 2. The first-order valence-corrected chi connectivity index (χ1v) is 5.90. The summed E-state index contributed by atoms with van der Waals surface area (Å²) in [6.07, 6.45) is 1.62. The summed E-state index contributed by atoms with van der Waals surface area (Å²) >= 11 is 0. The van der Waals surface area contributed by atoms with E-state index in [9.17, 15) is 13.9 Å². The van der Waals surface area contributed by atoms with E-state index in [4.69, 9.17) is 0 Å². The summed E-state index contributed by atoms with van der Waals surface area (Å²) in [7, 11) is 0. The molecular weight excluding hydrogens is 224 g/mol. The lowest BCUT2D eigenvalue weighted by atomic mass is 9.78. The van der Waals surface area contributed by atoms with Gasteiger partial charge in [-0.15, -0.1) is 0 Å². The summed E-state index contributed by atoms with van der Waals surface area (Å²) in [5.41, 5.74) is -0.854. The molecule has 1 fully saturated rings. The van der Waals surface area contributed by atoms with Gasteiger partial charge in [0.25, 0.3) is 0 Å². The SMILES string of the molecule is CC(O)(c1cc(F)cc(F)c1)C1CCNCC1. The number of benzene rings is 1. The van der Waals surface area contributed by atoms with Crippen molar-refractivity contribution in [2.24, 2.45) is 5.92 Å². The van der Waals surface area contributed by atoms with Crippen molar-refractivity contribution in [1.82, 2.24) is 5.32 Å². The van der Waals surface area contributed by atoms with Crippen molar-refractivity contribution in [2.75, 3.05) is 13.1 Å². The van der Waals surface area contributed by atoms with Gasteiger partial charge in [0.2, 0.25) is 0 Å². The molecule has 1 heterocycles. The van der Waals surface area contributed by atoms with Gasteiger partial charge >= 0.3 is 0 Å². The van der Waals surface area contributed by atoms with Crippen LogP contribution in [0, 0.1) is 17.6 Å². The van der Waals surface area contributed by atoms with Crippen LogP contribution in [0.25, 0.3) is 0 Å². The number of aliphatic hydroxyl groups is 1. The third-order valence-electron chi connectivity index (χ3n) is 3.58. The van der Waals surface area contributed by atoms with Crippen LogP contribution in [0.15, 0.2) is 18.2 Å². The van der Waals surface area contributed by atoms with Gasteiger partial charge in [-0.1, -0.05) is 0 Å². The molecule has 1 aliphatic rings. The Hall–Kier alpha value is -1.00. The zero-order valence-electron chi connectivity index (χ0n) is 9.84. The molecule has 0 amide bonds. The van der Waals surface area contributed by atoms with E-state index >= 15 is 0 Å². The fraction of sp³-hybridized carbons (Fsp3) is 0.538. The Morgan fingerprint density at radius 3 is 2.24 bits per heavy atom. The number of rotatable bonds is 2. The summed E-state index contributed by atoms with van der Waals surface area (Å²) in [5.74, 6) is -1.26. The second-order valence-electron chi connectivity index (χ2n) is 4.83. The lowest BCUT2D eigenvalue weighted by Crippen LogP contribution is -2.40. The molecule has 2 rings (SSSR count). The van der Waals surface area contributed by atoms with Crippen LogP contribution < -0.4 is 5.32 Å². The van der Waals surface area contributed by atoms with Crippen molar-refractivity contribution >= 4 is 0 Å². The second kappa shape index (κ2) is 4.70. The third kappa shape index (κ3) is 2.64. The van der Waals surface area contributed by atoms with Crippen molar-refractivity contribution in [3.63, 3.8) is 0 Å². The molecule has 0 aliphatic carbocycles. The predicted octanol–water partition coefficient (Wildman–Crippen LogP) is 2.17.